The van der Waals surface area contributed by atoms with Crippen molar-refractivity contribution in [2.75, 3.05) is 6.54 Å². The molecule has 0 saturated heterocycles. The first-order valence-corrected chi connectivity index (χ1v) is 6.14. The van der Waals surface area contributed by atoms with Crippen LogP contribution >= 0.6 is 0 Å². The number of aliphatic imine (C=N–C) groups is 1. The van der Waals surface area contributed by atoms with Crippen LogP contribution in [0.2, 0.25) is 0 Å². The van der Waals surface area contributed by atoms with E-state index in [9.17, 15) is 0 Å². The van der Waals surface area contributed by atoms with Gasteiger partial charge in [0.25, 0.3) is 0 Å². The second-order valence-corrected chi connectivity index (χ2v) is 3.69. The molecule has 1 heterocycles. The molecule has 0 bridgehead atoms. The van der Waals surface area contributed by atoms with Gasteiger partial charge in [0.1, 0.15) is 6.54 Å². The molecule has 0 radical (unpaired) electrons. The summed E-state index contributed by atoms with van der Waals surface area (Å²) in [6.07, 6.45) is 12.3. The third kappa shape index (κ3) is 4.35. The number of nitrogens with zero attached hydrogens (tertiary/aromatic N) is 2. The third-order valence-electron chi connectivity index (χ3n) is 2.48. The largest absolute Gasteiger partial charge is 0.293 e. The Hall–Kier alpha value is -1.70. The number of aryl methyl sites for hydroxylation is 1. The molecule has 2 heteroatoms. The first-order valence-electron chi connectivity index (χ1n) is 6.14. The van der Waals surface area contributed by atoms with Crippen molar-refractivity contribution in [2.45, 2.75) is 27.3 Å². The van der Waals surface area contributed by atoms with Crippen molar-refractivity contribution in [1.82, 2.24) is 0 Å². The zero-order valence-corrected chi connectivity index (χ0v) is 10.9. The topological polar surface area (TPSA) is 16.2 Å². The molecule has 0 aliphatic heterocycles. The van der Waals surface area contributed by atoms with Gasteiger partial charge >= 0.3 is 0 Å². The Bertz CT molecular complexity index is 411. The van der Waals surface area contributed by atoms with Crippen LogP contribution in [0, 0.1) is 0 Å². The minimum absolute atomic E-state index is 0.824. The van der Waals surface area contributed by atoms with Crippen molar-refractivity contribution in [3.63, 3.8) is 0 Å². The summed E-state index contributed by atoms with van der Waals surface area (Å²) in [6.45, 7) is 8.02. The molecular weight excluding hydrogens is 208 g/mol. The van der Waals surface area contributed by atoms with E-state index in [4.69, 9.17) is 0 Å². The van der Waals surface area contributed by atoms with Crippen molar-refractivity contribution in [3.8, 4) is 0 Å². The van der Waals surface area contributed by atoms with E-state index in [-0.39, 0.29) is 0 Å². The Kier molecular flexibility index (Phi) is 5.94. The Morgan fingerprint density at radius 2 is 2.00 bits per heavy atom. The van der Waals surface area contributed by atoms with Crippen molar-refractivity contribution in [3.05, 3.63) is 48.3 Å². The predicted octanol–water partition coefficient (Wildman–Crippen LogP) is 3.04. The predicted molar refractivity (Wildman–Crippen MR) is 74.1 cm³/mol. The van der Waals surface area contributed by atoms with Crippen molar-refractivity contribution < 1.29 is 4.57 Å². The van der Waals surface area contributed by atoms with E-state index in [2.05, 4.69) is 53.2 Å². The van der Waals surface area contributed by atoms with Gasteiger partial charge in [-0.05, 0) is 38.0 Å². The summed E-state index contributed by atoms with van der Waals surface area (Å²) < 4.78 is 2.15. The van der Waals surface area contributed by atoms with Gasteiger partial charge in [0.15, 0.2) is 12.4 Å². The average Bonchev–Trinajstić information content (AvgIpc) is 2.38. The highest BCUT2D eigenvalue weighted by atomic mass is 14.9. The summed E-state index contributed by atoms with van der Waals surface area (Å²) in [7, 11) is 0. The monoisotopic (exact) mass is 229 g/mol. The van der Waals surface area contributed by atoms with E-state index < -0.39 is 0 Å². The fourth-order valence-corrected chi connectivity index (χ4v) is 1.53. The number of pyridine rings is 1. The van der Waals surface area contributed by atoms with Gasteiger partial charge in [0, 0.05) is 24.9 Å². The van der Waals surface area contributed by atoms with Gasteiger partial charge in [-0.2, -0.15) is 0 Å². The SMILES string of the molecule is C/C=C\C(=C/C=NCC)c1cc[n+](CC)cc1. The lowest BCUT2D eigenvalue weighted by molar-refractivity contribution is -0.693. The summed E-state index contributed by atoms with van der Waals surface area (Å²) in [5.41, 5.74) is 2.41. The molecule has 0 spiro atoms. The van der Waals surface area contributed by atoms with Crippen LogP contribution in [0.3, 0.4) is 0 Å². The molecule has 1 aromatic heterocycles. The molecule has 0 N–H and O–H groups in total. The molecule has 1 rings (SSSR count). The average molecular weight is 229 g/mol. The molecule has 0 saturated carbocycles. The van der Waals surface area contributed by atoms with Gasteiger partial charge < -0.3 is 0 Å². The van der Waals surface area contributed by atoms with Crippen molar-refractivity contribution in [2.24, 2.45) is 4.99 Å². The lowest BCUT2D eigenvalue weighted by Crippen LogP contribution is -2.30. The number of hydrogen-bond donors (Lipinski definition) is 0. The highest BCUT2D eigenvalue weighted by Gasteiger charge is 2.00. The number of rotatable bonds is 5. The molecule has 17 heavy (non-hydrogen) atoms. The van der Waals surface area contributed by atoms with Crippen LogP contribution < -0.4 is 4.57 Å². The molecular formula is C15H21N2+. The smallest absolute Gasteiger partial charge is 0.169 e. The lowest BCUT2D eigenvalue weighted by Gasteiger charge is -2.00. The van der Waals surface area contributed by atoms with Crippen molar-refractivity contribution in [1.29, 1.82) is 0 Å². The van der Waals surface area contributed by atoms with Crippen LogP contribution in [0.5, 0.6) is 0 Å². The van der Waals surface area contributed by atoms with E-state index in [1.807, 2.05) is 26.1 Å². The third-order valence-corrected chi connectivity index (χ3v) is 2.48. The van der Waals surface area contributed by atoms with Gasteiger partial charge in [-0.15, -0.1) is 0 Å². The van der Waals surface area contributed by atoms with Crippen LogP contribution in [0.1, 0.15) is 26.3 Å². The van der Waals surface area contributed by atoms with Gasteiger partial charge in [0.05, 0.1) is 0 Å². The van der Waals surface area contributed by atoms with Crippen LogP contribution in [-0.4, -0.2) is 12.8 Å². The minimum Gasteiger partial charge on any atom is -0.293 e. The molecule has 0 fully saturated rings. The number of aromatic nitrogens is 1. The van der Waals surface area contributed by atoms with Gasteiger partial charge in [-0.3, -0.25) is 4.99 Å². The molecule has 0 aromatic carbocycles. The van der Waals surface area contributed by atoms with E-state index in [0.29, 0.717) is 0 Å². The fraction of sp³-hybridized carbons (Fsp3) is 0.333. The Labute approximate surface area is 104 Å². The first kappa shape index (κ1) is 13.4. The zero-order chi connectivity index (χ0) is 12.5. The second kappa shape index (κ2) is 7.55. The van der Waals surface area contributed by atoms with E-state index in [0.717, 1.165) is 13.1 Å². The normalized spacial score (nSPS) is 12.8. The highest BCUT2D eigenvalue weighted by Crippen LogP contribution is 2.13. The molecule has 0 aliphatic carbocycles. The maximum Gasteiger partial charge on any atom is 0.169 e. The first-order chi connectivity index (χ1) is 8.31. The molecule has 0 atom stereocenters. The minimum atomic E-state index is 0.824. The number of hydrogen-bond acceptors (Lipinski definition) is 1. The summed E-state index contributed by atoms with van der Waals surface area (Å²) in [5, 5.41) is 0. The highest BCUT2D eigenvalue weighted by molar-refractivity contribution is 5.88. The Morgan fingerprint density at radius 1 is 1.29 bits per heavy atom. The van der Waals surface area contributed by atoms with Crippen LogP contribution in [0.25, 0.3) is 5.57 Å². The summed E-state index contributed by atoms with van der Waals surface area (Å²) in [5.74, 6) is 0. The maximum atomic E-state index is 4.21. The van der Waals surface area contributed by atoms with E-state index in [1.54, 1.807) is 0 Å². The summed E-state index contributed by atoms with van der Waals surface area (Å²) >= 11 is 0. The second-order valence-electron chi connectivity index (χ2n) is 3.69. The quantitative estimate of drug-likeness (QED) is 0.419. The molecule has 0 unspecified atom stereocenters. The van der Waals surface area contributed by atoms with Crippen LogP contribution in [0.4, 0.5) is 0 Å². The van der Waals surface area contributed by atoms with E-state index >= 15 is 0 Å². The summed E-state index contributed by atoms with van der Waals surface area (Å²) in [4.78, 5) is 4.21. The lowest BCUT2D eigenvalue weighted by atomic mass is 10.1. The molecule has 0 aliphatic rings. The van der Waals surface area contributed by atoms with Gasteiger partial charge in [-0.1, -0.05) is 12.2 Å². The van der Waals surface area contributed by atoms with E-state index in [1.165, 1.54) is 11.1 Å². The molecule has 90 valence electrons. The maximum absolute atomic E-state index is 4.21. The van der Waals surface area contributed by atoms with Gasteiger partial charge in [0.2, 0.25) is 0 Å². The summed E-state index contributed by atoms with van der Waals surface area (Å²) in [6, 6.07) is 4.27. The van der Waals surface area contributed by atoms with Crippen LogP contribution in [0.15, 0.2) is 47.7 Å². The molecule has 1 aromatic rings. The Morgan fingerprint density at radius 3 is 2.53 bits per heavy atom. The molecule has 0 amide bonds. The van der Waals surface area contributed by atoms with Gasteiger partial charge in [-0.25, -0.2) is 4.57 Å². The standard InChI is InChI=1S/C15H21N2/c1-4-7-14(8-11-16-5-2)15-9-12-17(6-3)13-10-15/h4,7-13H,5-6H2,1-3H3/q+1/b7-4-,14-8+,16-11?. The Balaban J connectivity index is 2.96. The van der Waals surface area contributed by atoms with Crippen LogP contribution in [-0.2, 0) is 6.54 Å². The molecule has 2 nitrogen and oxygen atoms in total. The fourth-order valence-electron chi connectivity index (χ4n) is 1.53. The zero-order valence-electron chi connectivity index (χ0n) is 10.9. The van der Waals surface area contributed by atoms with Crippen molar-refractivity contribution >= 4 is 11.8 Å². The number of allylic oxidation sites excluding steroid dienone is 4.